The van der Waals surface area contributed by atoms with Gasteiger partial charge in [-0.3, -0.25) is 0 Å². The van der Waals surface area contributed by atoms with Gasteiger partial charge in [0.25, 0.3) is 0 Å². The van der Waals surface area contributed by atoms with E-state index in [4.69, 9.17) is 0 Å². The van der Waals surface area contributed by atoms with Crippen LogP contribution in [0.3, 0.4) is 0 Å². The Morgan fingerprint density at radius 2 is 2.46 bits per heavy atom. The van der Waals surface area contributed by atoms with Crippen molar-refractivity contribution in [2.24, 2.45) is 5.10 Å². The van der Waals surface area contributed by atoms with E-state index in [2.05, 4.69) is 21.6 Å². The minimum Gasteiger partial charge on any atom is -0.313 e. The Kier molecular flexibility index (Phi) is 2.23. The minimum atomic E-state index is 1.03. The third-order valence-electron chi connectivity index (χ3n) is 1.70. The number of thiazole rings is 1. The fraction of sp³-hybridized carbons (Fsp3) is 0.111. The van der Waals surface area contributed by atoms with Crippen LogP contribution in [0.25, 0.3) is 10.2 Å². The Bertz CT molecular complexity index is 433. The molecule has 1 heterocycles. The number of rotatable bonds is 2. The maximum Gasteiger partial charge on any atom is 0.0818 e. The van der Waals surface area contributed by atoms with E-state index in [1.54, 1.807) is 24.6 Å². The SMILES string of the molecule is CN/N=C/c1ccc2scnc2c1. The maximum absolute atomic E-state index is 4.22. The molecule has 0 aliphatic rings. The predicted molar refractivity (Wildman–Crippen MR) is 56.3 cm³/mol. The summed E-state index contributed by atoms with van der Waals surface area (Å²) in [4.78, 5) is 4.22. The van der Waals surface area contributed by atoms with Crippen molar-refractivity contribution >= 4 is 27.8 Å². The smallest absolute Gasteiger partial charge is 0.0818 e. The standard InChI is InChI=1S/C9H9N3S/c1-10-12-5-7-2-3-9-8(4-7)11-6-13-9/h2-6,10H,1H3/b12-5+. The molecule has 0 saturated carbocycles. The van der Waals surface area contributed by atoms with Crippen LogP contribution < -0.4 is 5.43 Å². The van der Waals surface area contributed by atoms with Crippen LogP contribution in [0.4, 0.5) is 0 Å². The average Bonchev–Trinajstić information content (AvgIpc) is 2.61. The van der Waals surface area contributed by atoms with Crippen molar-refractivity contribution < 1.29 is 0 Å². The van der Waals surface area contributed by atoms with E-state index in [0.717, 1.165) is 11.1 Å². The lowest BCUT2D eigenvalue weighted by Crippen LogP contribution is -1.94. The number of nitrogens with zero attached hydrogens (tertiary/aromatic N) is 2. The summed E-state index contributed by atoms with van der Waals surface area (Å²) >= 11 is 1.65. The van der Waals surface area contributed by atoms with Gasteiger partial charge in [-0.25, -0.2) is 4.98 Å². The summed E-state index contributed by atoms with van der Waals surface area (Å²) in [6.07, 6.45) is 1.78. The number of benzene rings is 1. The van der Waals surface area contributed by atoms with E-state index in [0.29, 0.717) is 0 Å². The van der Waals surface area contributed by atoms with Crippen LogP contribution in [-0.2, 0) is 0 Å². The van der Waals surface area contributed by atoms with Gasteiger partial charge in [0, 0.05) is 7.05 Å². The lowest BCUT2D eigenvalue weighted by molar-refractivity contribution is 0.908. The second-order valence-electron chi connectivity index (χ2n) is 2.56. The van der Waals surface area contributed by atoms with Gasteiger partial charge in [-0.05, 0) is 17.7 Å². The Morgan fingerprint density at radius 3 is 3.31 bits per heavy atom. The molecule has 1 aromatic heterocycles. The summed E-state index contributed by atoms with van der Waals surface area (Å²) in [7, 11) is 1.78. The van der Waals surface area contributed by atoms with Gasteiger partial charge < -0.3 is 5.43 Å². The highest BCUT2D eigenvalue weighted by Gasteiger charge is 1.95. The summed E-state index contributed by atoms with van der Waals surface area (Å²) < 4.78 is 1.21. The zero-order chi connectivity index (χ0) is 9.10. The van der Waals surface area contributed by atoms with E-state index < -0.39 is 0 Å². The number of aromatic nitrogens is 1. The van der Waals surface area contributed by atoms with Crippen molar-refractivity contribution in [2.75, 3.05) is 7.05 Å². The van der Waals surface area contributed by atoms with E-state index in [1.165, 1.54) is 4.70 Å². The van der Waals surface area contributed by atoms with Crippen LogP contribution in [0.1, 0.15) is 5.56 Å². The molecule has 0 fully saturated rings. The topological polar surface area (TPSA) is 37.3 Å². The Balaban J connectivity index is 2.42. The molecule has 66 valence electrons. The van der Waals surface area contributed by atoms with Crippen molar-refractivity contribution in [3.05, 3.63) is 29.3 Å². The molecule has 0 bridgehead atoms. The van der Waals surface area contributed by atoms with Gasteiger partial charge in [0.15, 0.2) is 0 Å². The molecule has 0 amide bonds. The molecule has 0 aliphatic heterocycles. The first-order valence-electron chi connectivity index (χ1n) is 3.93. The Morgan fingerprint density at radius 1 is 1.54 bits per heavy atom. The first-order chi connectivity index (χ1) is 6.40. The molecule has 1 N–H and O–H groups in total. The number of hydrogen-bond acceptors (Lipinski definition) is 4. The van der Waals surface area contributed by atoms with Crippen LogP contribution in [0, 0.1) is 0 Å². The molecule has 0 unspecified atom stereocenters. The second-order valence-corrected chi connectivity index (χ2v) is 3.45. The molecule has 4 heteroatoms. The molecular weight excluding hydrogens is 182 g/mol. The van der Waals surface area contributed by atoms with E-state index in [-0.39, 0.29) is 0 Å². The summed E-state index contributed by atoms with van der Waals surface area (Å²) in [5, 5.41) is 3.93. The zero-order valence-electron chi connectivity index (χ0n) is 7.19. The van der Waals surface area contributed by atoms with Gasteiger partial charge in [0.05, 0.1) is 21.9 Å². The lowest BCUT2D eigenvalue weighted by atomic mass is 10.2. The maximum atomic E-state index is 4.22. The van der Waals surface area contributed by atoms with Gasteiger partial charge in [0.1, 0.15) is 0 Å². The molecule has 0 spiro atoms. The molecule has 2 rings (SSSR count). The predicted octanol–water partition coefficient (Wildman–Crippen LogP) is 1.85. The van der Waals surface area contributed by atoms with Crippen LogP contribution in [0.15, 0.2) is 28.8 Å². The summed E-state index contributed by atoms with van der Waals surface area (Å²) in [6, 6.07) is 6.11. The fourth-order valence-corrected chi connectivity index (χ4v) is 1.75. The van der Waals surface area contributed by atoms with E-state index in [1.807, 2.05) is 17.6 Å². The second kappa shape index (κ2) is 3.53. The first-order valence-corrected chi connectivity index (χ1v) is 4.81. The van der Waals surface area contributed by atoms with E-state index in [9.17, 15) is 0 Å². The number of fused-ring (bicyclic) bond motifs is 1. The van der Waals surface area contributed by atoms with Gasteiger partial charge in [0.2, 0.25) is 0 Å². The molecule has 0 atom stereocenters. The number of nitrogens with one attached hydrogen (secondary N) is 1. The van der Waals surface area contributed by atoms with Crippen LogP contribution in [0.5, 0.6) is 0 Å². The Labute approximate surface area is 80.1 Å². The first kappa shape index (κ1) is 8.19. The van der Waals surface area contributed by atoms with Gasteiger partial charge in [-0.1, -0.05) is 6.07 Å². The van der Waals surface area contributed by atoms with Crippen molar-refractivity contribution in [3.63, 3.8) is 0 Å². The van der Waals surface area contributed by atoms with Gasteiger partial charge in [-0.2, -0.15) is 5.10 Å². The highest BCUT2D eigenvalue weighted by Crippen LogP contribution is 2.17. The number of hydrazone groups is 1. The largest absolute Gasteiger partial charge is 0.313 e. The molecule has 3 nitrogen and oxygen atoms in total. The summed E-state index contributed by atoms with van der Waals surface area (Å²) in [6.45, 7) is 0. The molecule has 0 aliphatic carbocycles. The van der Waals surface area contributed by atoms with Crippen molar-refractivity contribution in [3.8, 4) is 0 Å². The monoisotopic (exact) mass is 191 g/mol. The van der Waals surface area contributed by atoms with Crippen molar-refractivity contribution in [1.82, 2.24) is 10.4 Å². The molecule has 0 saturated heterocycles. The molecule has 2 aromatic rings. The average molecular weight is 191 g/mol. The number of hydrogen-bond donors (Lipinski definition) is 1. The molecule has 13 heavy (non-hydrogen) atoms. The minimum absolute atomic E-state index is 1.03. The summed E-state index contributed by atoms with van der Waals surface area (Å²) in [5.74, 6) is 0. The third-order valence-corrected chi connectivity index (χ3v) is 2.51. The fourth-order valence-electron chi connectivity index (χ4n) is 1.09. The highest BCUT2D eigenvalue weighted by molar-refractivity contribution is 7.16. The van der Waals surface area contributed by atoms with E-state index >= 15 is 0 Å². The normalized spacial score (nSPS) is 11.2. The van der Waals surface area contributed by atoms with Gasteiger partial charge in [-0.15, -0.1) is 11.3 Å². The van der Waals surface area contributed by atoms with Gasteiger partial charge >= 0.3 is 0 Å². The third kappa shape index (κ3) is 1.67. The van der Waals surface area contributed by atoms with Crippen molar-refractivity contribution in [1.29, 1.82) is 0 Å². The Hall–Kier alpha value is -1.42. The highest BCUT2D eigenvalue weighted by atomic mass is 32.1. The van der Waals surface area contributed by atoms with Crippen LogP contribution >= 0.6 is 11.3 Å². The summed E-state index contributed by atoms with van der Waals surface area (Å²) in [5.41, 5.74) is 6.66. The molecular formula is C9H9N3S. The molecule has 0 radical (unpaired) electrons. The molecule has 1 aromatic carbocycles. The van der Waals surface area contributed by atoms with Crippen LogP contribution in [-0.4, -0.2) is 18.2 Å². The van der Waals surface area contributed by atoms with Crippen LogP contribution in [0.2, 0.25) is 0 Å². The zero-order valence-corrected chi connectivity index (χ0v) is 8.01. The van der Waals surface area contributed by atoms with Crippen molar-refractivity contribution in [2.45, 2.75) is 0 Å². The quantitative estimate of drug-likeness (QED) is 0.581. The lowest BCUT2D eigenvalue weighted by Gasteiger charge is -1.92.